The van der Waals surface area contributed by atoms with Gasteiger partial charge in [0.05, 0.1) is 12.8 Å². The molecular formula is C23H22N4O. The third-order valence-electron chi connectivity index (χ3n) is 5.46. The minimum atomic E-state index is 0.908. The van der Waals surface area contributed by atoms with Crippen LogP contribution in [0, 0.1) is 0 Å². The second kappa shape index (κ2) is 7.09. The van der Waals surface area contributed by atoms with E-state index in [1.807, 2.05) is 36.8 Å². The van der Waals surface area contributed by atoms with E-state index >= 15 is 0 Å². The summed E-state index contributed by atoms with van der Waals surface area (Å²) in [5, 5.41) is 0. The zero-order valence-electron chi connectivity index (χ0n) is 15.9. The minimum Gasteiger partial charge on any atom is -0.496 e. The van der Waals surface area contributed by atoms with E-state index in [-0.39, 0.29) is 0 Å². The van der Waals surface area contributed by atoms with Crippen molar-refractivity contribution in [3.05, 3.63) is 84.1 Å². The summed E-state index contributed by atoms with van der Waals surface area (Å²) in [6.07, 6.45) is 8.80. The lowest BCUT2D eigenvalue weighted by Crippen LogP contribution is -2.19. The van der Waals surface area contributed by atoms with E-state index < -0.39 is 0 Å². The molecule has 5 heteroatoms. The van der Waals surface area contributed by atoms with Crippen molar-refractivity contribution in [1.82, 2.24) is 19.3 Å². The lowest BCUT2D eigenvalue weighted by Gasteiger charge is -2.13. The summed E-state index contributed by atoms with van der Waals surface area (Å²) < 4.78 is 7.73. The van der Waals surface area contributed by atoms with Crippen LogP contribution in [-0.2, 0) is 19.5 Å². The van der Waals surface area contributed by atoms with Crippen molar-refractivity contribution in [3.8, 4) is 16.9 Å². The van der Waals surface area contributed by atoms with Gasteiger partial charge in [0.2, 0.25) is 0 Å². The standard InChI is InChI=1S/C23H22N4O/c1-28-22-6-5-19(17-7-10-24-11-8-17)20-15-26(16-21(20)22)13-9-18-14-27-12-3-2-4-23(27)25-18/h2-8,10-12,14H,9,13,15-16H2,1H3. The fourth-order valence-corrected chi connectivity index (χ4v) is 4.06. The first kappa shape index (κ1) is 17.0. The molecule has 0 spiro atoms. The van der Waals surface area contributed by atoms with E-state index in [1.165, 1.54) is 22.3 Å². The monoisotopic (exact) mass is 370 g/mol. The number of nitrogens with zero attached hydrogens (tertiary/aromatic N) is 4. The van der Waals surface area contributed by atoms with Crippen LogP contribution in [0.2, 0.25) is 0 Å². The largest absolute Gasteiger partial charge is 0.496 e. The van der Waals surface area contributed by atoms with Crippen LogP contribution in [0.1, 0.15) is 16.8 Å². The van der Waals surface area contributed by atoms with Crippen LogP contribution >= 0.6 is 0 Å². The maximum atomic E-state index is 5.64. The van der Waals surface area contributed by atoms with Crippen molar-refractivity contribution in [2.75, 3.05) is 13.7 Å². The van der Waals surface area contributed by atoms with Gasteiger partial charge in [0.25, 0.3) is 0 Å². The summed E-state index contributed by atoms with van der Waals surface area (Å²) in [7, 11) is 1.75. The molecule has 1 aliphatic rings. The zero-order chi connectivity index (χ0) is 18.9. The molecule has 3 aromatic heterocycles. The molecule has 0 saturated carbocycles. The number of hydrogen-bond acceptors (Lipinski definition) is 4. The van der Waals surface area contributed by atoms with E-state index in [1.54, 1.807) is 7.11 Å². The molecule has 0 bridgehead atoms. The second-order valence-corrected chi connectivity index (χ2v) is 7.17. The maximum absolute atomic E-state index is 5.64. The van der Waals surface area contributed by atoms with Crippen LogP contribution < -0.4 is 4.74 Å². The molecule has 0 unspecified atom stereocenters. The molecule has 1 aromatic carbocycles. The fraction of sp³-hybridized carbons (Fsp3) is 0.217. The number of benzene rings is 1. The lowest BCUT2D eigenvalue weighted by molar-refractivity contribution is 0.284. The molecule has 0 atom stereocenters. The van der Waals surface area contributed by atoms with Crippen LogP contribution in [0.25, 0.3) is 16.8 Å². The Hall–Kier alpha value is -3.18. The van der Waals surface area contributed by atoms with E-state index in [4.69, 9.17) is 9.72 Å². The summed E-state index contributed by atoms with van der Waals surface area (Å²) in [4.78, 5) is 11.4. The minimum absolute atomic E-state index is 0.908. The van der Waals surface area contributed by atoms with Crippen molar-refractivity contribution >= 4 is 5.65 Å². The Morgan fingerprint density at radius 1 is 1.00 bits per heavy atom. The molecule has 28 heavy (non-hydrogen) atoms. The van der Waals surface area contributed by atoms with Gasteiger partial charge >= 0.3 is 0 Å². The molecule has 0 radical (unpaired) electrons. The number of ether oxygens (including phenoxy) is 1. The first-order valence-electron chi connectivity index (χ1n) is 9.56. The van der Waals surface area contributed by atoms with Crippen molar-refractivity contribution in [2.24, 2.45) is 0 Å². The van der Waals surface area contributed by atoms with E-state index in [0.717, 1.165) is 43.1 Å². The van der Waals surface area contributed by atoms with Gasteiger partial charge in [0.15, 0.2) is 0 Å². The first-order chi connectivity index (χ1) is 13.8. The summed E-state index contributed by atoms with van der Waals surface area (Å²) in [5.41, 5.74) is 7.27. The third-order valence-corrected chi connectivity index (χ3v) is 5.46. The number of rotatable bonds is 5. The number of aromatic nitrogens is 3. The molecule has 5 rings (SSSR count). The summed E-state index contributed by atoms with van der Waals surface area (Å²) in [6.45, 7) is 2.81. The summed E-state index contributed by atoms with van der Waals surface area (Å²) >= 11 is 0. The smallest absolute Gasteiger partial charge is 0.136 e. The maximum Gasteiger partial charge on any atom is 0.136 e. The van der Waals surface area contributed by atoms with E-state index in [2.05, 4.69) is 44.7 Å². The highest BCUT2D eigenvalue weighted by atomic mass is 16.5. The molecular weight excluding hydrogens is 348 g/mol. The molecule has 5 nitrogen and oxygen atoms in total. The van der Waals surface area contributed by atoms with Crippen LogP contribution in [0.4, 0.5) is 0 Å². The molecule has 140 valence electrons. The highest BCUT2D eigenvalue weighted by Crippen LogP contribution is 2.37. The van der Waals surface area contributed by atoms with Crippen LogP contribution in [0.3, 0.4) is 0 Å². The zero-order valence-corrected chi connectivity index (χ0v) is 15.9. The number of fused-ring (bicyclic) bond motifs is 2. The SMILES string of the molecule is COc1ccc(-c2ccncc2)c2c1CN(CCc1cn3ccccc3n1)C2. The average molecular weight is 370 g/mol. The molecule has 0 saturated heterocycles. The fourth-order valence-electron chi connectivity index (χ4n) is 4.06. The summed E-state index contributed by atoms with van der Waals surface area (Å²) in [6, 6.07) is 14.5. The average Bonchev–Trinajstić information content (AvgIpc) is 3.36. The molecule has 0 amide bonds. The predicted molar refractivity (Wildman–Crippen MR) is 109 cm³/mol. The topological polar surface area (TPSA) is 42.7 Å². The van der Waals surface area contributed by atoms with Crippen molar-refractivity contribution in [1.29, 1.82) is 0 Å². The van der Waals surface area contributed by atoms with Gasteiger partial charge in [0, 0.05) is 56.4 Å². The predicted octanol–water partition coefficient (Wildman–Crippen LogP) is 3.96. The van der Waals surface area contributed by atoms with Gasteiger partial charge in [-0.2, -0.15) is 0 Å². The highest BCUT2D eigenvalue weighted by Gasteiger charge is 2.25. The molecule has 4 aromatic rings. The van der Waals surface area contributed by atoms with Crippen LogP contribution in [0.5, 0.6) is 5.75 Å². The van der Waals surface area contributed by atoms with Gasteiger partial charge in [-0.3, -0.25) is 9.88 Å². The normalized spacial score (nSPS) is 13.8. The summed E-state index contributed by atoms with van der Waals surface area (Å²) in [5.74, 6) is 0.975. The van der Waals surface area contributed by atoms with Gasteiger partial charge in [-0.25, -0.2) is 4.98 Å². The molecule has 4 heterocycles. The van der Waals surface area contributed by atoms with E-state index in [0.29, 0.717) is 0 Å². The molecule has 1 aliphatic heterocycles. The Bertz CT molecular complexity index is 1090. The second-order valence-electron chi connectivity index (χ2n) is 7.17. The van der Waals surface area contributed by atoms with E-state index in [9.17, 15) is 0 Å². The van der Waals surface area contributed by atoms with Gasteiger partial charge < -0.3 is 9.14 Å². The molecule has 0 N–H and O–H groups in total. The first-order valence-corrected chi connectivity index (χ1v) is 9.56. The van der Waals surface area contributed by atoms with Gasteiger partial charge in [-0.15, -0.1) is 0 Å². The Kier molecular flexibility index (Phi) is 4.29. The van der Waals surface area contributed by atoms with Gasteiger partial charge in [-0.1, -0.05) is 12.1 Å². The number of hydrogen-bond donors (Lipinski definition) is 0. The number of pyridine rings is 2. The number of methoxy groups -OCH3 is 1. The van der Waals surface area contributed by atoms with Crippen molar-refractivity contribution in [2.45, 2.75) is 19.5 Å². The van der Waals surface area contributed by atoms with Gasteiger partial charge in [-0.05, 0) is 47.0 Å². The quantitative estimate of drug-likeness (QED) is 0.533. The Morgan fingerprint density at radius 2 is 1.86 bits per heavy atom. The Balaban J connectivity index is 1.38. The Labute approximate surface area is 164 Å². The van der Waals surface area contributed by atoms with Crippen LogP contribution in [0.15, 0.2) is 67.3 Å². The lowest BCUT2D eigenvalue weighted by atomic mass is 9.97. The Morgan fingerprint density at radius 3 is 2.68 bits per heavy atom. The molecule has 0 fully saturated rings. The van der Waals surface area contributed by atoms with Gasteiger partial charge in [0.1, 0.15) is 11.4 Å². The highest BCUT2D eigenvalue weighted by molar-refractivity contribution is 5.71. The molecule has 0 aliphatic carbocycles. The van der Waals surface area contributed by atoms with Crippen LogP contribution in [-0.4, -0.2) is 32.9 Å². The van der Waals surface area contributed by atoms with Crippen molar-refractivity contribution in [3.63, 3.8) is 0 Å². The third kappa shape index (κ3) is 3.04. The number of imidazole rings is 1. The van der Waals surface area contributed by atoms with Crippen molar-refractivity contribution < 1.29 is 4.74 Å².